The predicted molar refractivity (Wildman–Crippen MR) is 85.9 cm³/mol. The molecular weight excluding hydrogens is 296 g/mol. The minimum Gasteiger partial charge on any atom is -0.497 e. The summed E-state index contributed by atoms with van der Waals surface area (Å²) >= 11 is 0. The summed E-state index contributed by atoms with van der Waals surface area (Å²) in [6.07, 6.45) is 1.74. The van der Waals surface area contributed by atoms with Gasteiger partial charge in [-0.25, -0.2) is 4.79 Å². The van der Waals surface area contributed by atoms with Crippen LogP contribution in [0.2, 0.25) is 0 Å². The van der Waals surface area contributed by atoms with Crippen LogP contribution in [0, 0.1) is 5.92 Å². The molecule has 2 rings (SSSR count). The van der Waals surface area contributed by atoms with Gasteiger partial charge in [-0.2, -0.15) is 0 Å². The van der Waals surface area contributed by atoms with E-state index >= 15 is 0 Å². The molecule has 2 amide bonds. The van der Waals surface area contributed by atoms with E-state index < -0.39 is 17.9 Å². The van der Waals surface area contributed by atoms with Gasteiger partial charge in [0.2, 0.25) is 0 Å². The molecule has 1 aliphatic heterocycles. The summed E-state index contributed by atoms with van der Waals surface area (Å²) in [5, 5.41) is 5.32. The van der Waals surface area contributed by atoms with E-state index in [2.05, 4.69) is 17.2 Å². The van der Waals surface area contributed by atoms with Crippen LogP contribution in [0.15, 0.2) is 36.5 Å². The van der Waals surface area contributed by atoms with Gasteiger partial charge in [0.05, 0.1) is 19.8 Å². The number of benzene rings is 1. The van der Waals surface area contributed by atoms with Crippen LogP contribution in [-0.4, -0.2) is 25.7 Å². The van der Waals surface area contributed by atoms with Gasteiger partial charge in [-0.3, -0.25) is 4.79 Å². The number of esters is 1. The van der Waals surface area contributed by atoms with Crippen molar-refractivity contribution in [2.45, 2.75) is 25.8 Å². The van der Waals surface area contributed by atoms with Crippen LogP contribution in [0.4, 0.5) is 4.79 Å². The number of carbonyl (C=O) groups excluding carboxylic acids is 2. The summed E-state index contributed by atoms with van der Waals surface area (Å²) in [6.45, 7) is 6.19. The molecule has 6 heteroatoms. The Morgan fingerprint density at radius 2 is 2.17 bits per heavy atom. The second-order valence-corrected chi connectivity index (χ2v) is 5.38. The topological polar surface area (TPSA) is 76.7 Å². The Morgan fingerprint density at radius 3 is 2.87 bits per heavy atom. The number of unbranched alkanes of at least 4 members (excludes halogenated alkanes) is 1. The molecule has 1 aromatic rings. The zero-order chi connectivity index (χ0) is 16.8. The zero-order valence-corrected chi connectivity index (χ0v) is 13.4. The van der Waals surface area contributed by atoms with Crippen LogP contribution in [0.25, 0.3) is 0 Å². The number of hydrogen-bond donors (Lipinski definition) is 2. The molecule has 0 unspecified atom stereocenters. The van der Waals surface area contributed by atoms with Crippen LogP contribution < -0.4 is 15.4 Å². The quantitative estimate of drug-likeness (QED) is 0.624. The molecule has 6 nitrogen and oxygen atoms in total. The summed E-state index contributed by atoms with van der Waals surface area (Å²) in [4.78, 5) is 24.2. The minimum atomic E-state index is -0.684. The molecule has 0 saturated carbocycles. The molecule has 0 bridgehead atoms. The standard InChI is InChI=1S/C17H22N2O4/c1-4-5-9-23-16(20)14-11(2)18-17(21)19-15(14)12-7-6-8-13(10-12)22-3/h6-8,10,14-15H,2,4-5,9H2,1,3H3,(H2,18,19,21)/t14-,15+/m1/s1. The number of rotatable bonds is 6. The first-order valence-corrected chi connectivity index (χ1v) is 7.63. The first kappa shape index (κ1) is 16.9. The molecule has 1 aliphatic rings. The zero-order valence-electron chi connectivity index (χ0n) is 13.4. The van der Waals surface area contributed by atoms with Crippen molar-refractivity contribution in [3.63, 3.8) is 0 Å². The normalized spacial score (nSPS) is 20.4. The lowest BCUT2D eigenvalue weighted by Crippen LogP contribution is -2.51. The first-order valence-electron chi connectivity index (χ1n) is 7.63. The molecule has 124 valence electrons. The van der Waals surface area contributed by atoms with Gasteiger partial charge in [0.15, 0.2) is 0 Å². The summed E-state index contributed by atoms with van der Waals surface area (Å²) in [7, 11) is 1.57. The third-order valence-electron chi connectivity index (χ3n) is 3.72. The molecule has 0 aromatic heterocycles. The maximum atomic E-state index is 12.4. The van der Waals surface area contributed by atoms with Gasteiger partial charge < -0.3 is 20.1 Å². The van der Waals surface area contributed by atoms with Crippen molar-refractivity contribution < 1.29 is 19.1 Å². The molecule has 1 fully saturated rings. The van der Waals surface area contributed by atoms with Crippen molar-refractivity contribution in [2.75, 3.05) is 13.7 Å². The molecule has 2 atom stereocenters. The van der Waals surface area contributed by atoms with E-state index in [9.17, 15) is 9.59 Å². The largest absolute Gasteiger partial charge is 0.497 e. The van der Waals surface area contributed by atoms with E-state index in [0.717, 1.165) is 18.4 Å². The van der Waals surface area contributed by atoms with E-state index in [1.54, 1.807) is 19.2 Å². The second kappa shape index (κ2) is 7.67. The van der Waals surface area contributed by atoms with Crippen LogP contribution in [0.1, 0.15) is 31.4 Å². The van der Waals surface area contributed by atoms with Gasteiger partial charge in [0.1, 0.15) is 11.7 Å². The highest BCUT2D eigenvalue weighted by atomic mass is 16.5. The van der Waals surface area contributed by atoms with Gasteiger partial charge in [0, 0.05) is 5.70 Å². The summed E-state index contributed by atoms with van der Waals surface area (Å²) in [5.41, 5.74) is 1.10. The minimum absolute atomic E-state index is 0.336. The van der Waals surface area contributed by atoms with E-state index in [4.69, 9.17) is 9.47 Å². The van der Waals surface area contributed by atoms with E-state index in [1.165, 1.54) is 0 Å². The Balaban J connectivity index is 2.25. The van der Waals surface area contributed by atoms with Crippen LogP contribution in [0.5, 0.6) is 5.75 Å². The van der Waals surface area contributed by atoms with Crippen molar-refractivity contribution in [3.8, 4) is 5.75 Å². The monoisotopic (exact) mass is 318 g/mol. The van der Waals surface area contributed by atoms with Crippen molar-refractivity contribution in [3.05, 3.63) is 42.1 Å². The Hall–Kier alpha value is -2.50. The number of ether oxygens (including phenoxy) is 2. The smallest absolute Gasteiger partial charge is 0.319 e. The molecule has 0 radical (unpaired) electrons. The average Bonchev–Trinajstić information content (AvgIpc) is 2.54. The van der Waals surface area contributed by atoms with Gasteiger partial charge in [-0.15, -0.1) is 0 Å². The third kappa shape index (κ3) is 4.03. The van der Waals surface area contributed by atoms with Gasteiger partial charge in [0.25, 0.3) is 0 Å². The van der Waals surface area contributed by atoms with E-state index in [0.29, 0.717) is 18.1 Å². The number of carbonyl (C=O) groups is 2. The van der Waals surface area contributed by atoms with Crippen molar-refractivity contribution in [1.82, 2.24) is 10.6 Å². The fourth-order valence-corrected chi connectivity index (χ4v) is 2.48. The van der Waals surface area contributed by atoms with Gasteiger partial charge in [-0.05, 0) is 24.1 Å². The summed E-state index contributed by atoms with van der Waals surface area (Å²) < 4.78 is 10.5. The highest BCUT2D eigenvalue weighted by molar-refractivity contribution is 5.85. The van der Waals surface area contributed by atoms with E-state index in [1.807, 2.05) is 19.1 Å². The van der Waals surface area contributed by atoms with Crippen LogP contribution >= 0.6 is 0 Å². The molecule has 1 heterocycles. The Bertz CT molecular complexity index is 600. The van der Waals surface area contributed by atoms with Crippen molar-refractivity contribution in [1.29, 1.82) is 0 Å². The lowest BCUT2D eigenvalue weighted by molar-refractivity contribution is -0.148. The highest BCUT2D eigenvalue weighted by Crippen LogP contribution is 2.32. The lowest BCUT2D eigenvalue weighted by atomic mass is 9.89. The predicted octanol–water partition coefficient (Wildman–Crippen LogP) is 2.52. The number of hydrogen-bond acceptors (Lipinski definition) is 4. The molecule has 1 aromatic carbocycles. The second-order valence-electron chi connectivity index (χ2n) is 5.38. The maximum Gasteiger partial charge on any atom is 0.319 e. The summed E-state index contributed by atoms with van der Waals surface area (Å²) in [5.74, 6) is -0.431. The molecule has 1 saturated heterocycles. The Morgan fingerprint density at radius 1 is 1.39 bits per heavy atom. The fourth-order valence-electron chi connectivity index (χ4n) is 2.48. The molecule has 2 N–H and O–H groups in total. The van der Waals surface area contributed by atoms with Crippen LogP contribution in [-0.2, 0) is 9.53 Å². The SMILES string of the molecule is C=C1NC(=O)N[C@@H](c2cccc(OC)c2)[C@@H]1C(=O)OCCCC. The summed E-state index contributed by atoms with van der Waals surface area (Å²) in [6, 6.07) is 6.30. The Labute approximate surface area is 135 Å². The number of urea groups is 1. The van der Waals surface area contributed by atoms with Crippen LogP contribution in [0.3, 0.4) is 0 Å². The third-order valence-corrected chi connectivity index (χ3v) is 3.72. The number of methoxy groups -OCH3 is 1. The number of amides is 2. The number of nitrogens with one attached hydrogen (secondary N) is 2. The van der Waals surface area contributed by atoms with Gasteiger partial charge >= 0.3 is 12.0 Å². The maximum absolute atomic E-state index is 12.4. The first-order chi connectivity index (χ1) is 11.1. The highest BCUT2D eigenvalue weighted by Gasteiger charge is 2.38. The van der Waals surface area contributed by atoms with E-state index in [-0.39, 0.29) is 6.03 Å². The van der Waals surface area contributed by atoms with Crippen molar-refractivity contribution >= 4 is 12.0 Å². The Kier molecular flexibility index (Phi) is 5.62. The molecule has 0 spiro atoms. The average molecular weight is 318 g/mol. The van der Waals surface area contributed by atoms with Gasteiger partial charge in [-0.1, -0.05) is 32.1 Å². The molecule has 23 heavy (non-hydrogen) atoms. The molecule has 0 aliphatic carbocycles. The lowest BCUT2D eigenvalue weighted by Gasteiger charge is -2.33. The van der Waals surface area contributed by atoms with Crippen molar-refractivity contribution in [2.24, 2.45) is 5.92 Å². The molecular formula is C17H22N2O4. The fraction of sp³-hybridized carbons (Fsp3) is 0.412.